The summed E-state index contributed by atoms with van der Waals surface area (Å²) in [5.41, 5.74) is -1.10. The summed E-state index contributed by atoms with van der Waals surface area (Å²) in [5, 5.41) is 10.6. The Morgan fingerprint density at radius 2 is 1.75 bits per heavy atom. The van der Waals surface area contributed by atoms with Crippen molar-refractivity contribution in [3.63, 3.8) is 0 Å². The summed E-state index contributed by atoms with van der Waals surface area (Å²) >= 11 is 0. The lowest BCUT2D eigenvalue weighted by Gasteiger charge is -2.29. The van der Waals surface area contributed by atoms with Crippen LogP contribution in [-0.4, -0.2) is 28.8 Å². The number of benzene rings is 2. The molecule has 1 N–H and O–H groups in total. The van der Waals surface area contributed by atoms with Crippen molar-refractivity contribution < 1.29 is 32.6 Å². The van der Waals surface area contributed by atoms with Crippen LogP contribution in [-0.2, 0) is 22.3 Å². The number of carbonyl (C=O) groups excluding carboxylic acids is 2. The fraction of sp³-hybridized carbons (Fsp3) is 0.333. The smallest absolute Gasteiger partial charge is 0.416 e. The van der Waals surface area contributed by atoms with Crippen molar-refractivity contribution in [2.45, 2.75) is 39.5 Å². The summed E-state index contributed by atoms with van der Waals surface area (Å²) in [7, 11) is 1.47. The first-order chi connectivity index (χ1) is 14.8. The van der Waals surface area contributed by atoms with E-state index in [9.17, 15) is 27.9 Å². The van der Waals surface area contributed by atoms with Gasteiger partial charge in [0, 0.05) is 12.0 Å². The highest BCUT2D eigenvalue weighted by Gasteiger charge is 2.46. The van der Waals surface area contributed by atoms with Gasteiger partial charge in [-0.1, -0.05) is 45.0 Å². The maximum Gasteiger partial charge on any atom is 0.416 e. The molecule has 0 saturated heterocycles. The Morgan fingerprint density at radius 1 is 1.09 bits per heavy atom. The number of carbonyl (C=O) groups is 2. The summed E-state index contributed by atoms with van der Waals surface area (Å²) < 4.78 is 44.7. The Morgan fingerprint density at radius 3 is 2.34 bits per heavy atom. The minimum Gasteiger partial charge on any atom is -0.503 e. The third kappa shape index (κ3) is 4.49. The summed E-state index contributed by atoms with van der Waals surface area (Å²) in [6, 6.07) is 10.3. The average Bonchev–Trinajstić information content (AvgIpc) is 2.97. The fourth-order valence-electron chi connectivity index (χ4n) is 3.65. The molecule has 1 heterocycles. The third-order valence-electron chi connectivity index (χ3n) is 5.25. The van der Waals surface area contributed by atoms with Crippen LogP contribution in [0.2, 0.25) is 0 Å². The van der Waals surface area contributed by atoms with Gasteiger partial charge in [-0.2, -0.15) is 13.2 Å². The lowest BCUT2D eigenvalue weighted by molar-refractivity contribution is -0.137. The predicted molar refractivity (Wildman–Crippen MR) is 112 cm³/mol. The Labute approximate surface area is 184 Å². The molecule has 3 rings (SSSR count). The Balaban J connectivity index is 2.10. The maximum absolute atomic E-state index is 13.2. The molecule has 1 unspecified atom stereocenters. The first kappa shape index (κ1) is 23.4. The summed E-state index contributed by atoms with van der Waals surface area (Å²) in [6.07, 6.45) is -4.54. The second-order valence-electron chi connectivity index (χ2n) is 8.65. The number of Topliss-reactive ketones (excluding diaryl/α,β-unsaturated/α-hetero) is 1. The number of ketones is 1. The number of halogens is 3. The molecular weight excluding hydrogens is 423 g/mol. The van der Waals surface area contributed by atoms with E-state index < -0.39 is 40.6 Å². The standard InChI is InChI=1S/C24H24F3NO4/c1-23(2,3)21(30)18-19(15-8-6-10-17(12-15)32-4)28(22(31)20(18)29)13-14-7-5-9-16(11-14)24(25,26)27/h5-12,19,29H,13H2,1-4H3. The molecule has 5 nitrogen and oxygen atoms in total. The molecular formula is C24H24F3NO4. The van der Waals surface area contributed by atoms with Gasteiger partial charge in [-0.15, -0.1) is 0 Å². The number of hydrogen-bond acceptors (Lipinski definition) is 4. The van der Waals surface area contributed by atoms with E-state index in [1.54, 1.807) is 45.0 Å². The van der Waals surface area contributed by atoms with Gasteiger partial charge < -0.3 is 14.7 Å². The van der Waals surface area contributed by atoms with E-state index in [2.05, 4.69) is 0 Å². The van der Waals surface area contributed by atoms with Crippen LogP contribution in [0.4, 0.5) is 13.2 Å². The number of methoxy groups -OCH3 is 1. The van der Waals surface area contributed by atoms with E-state index in [-0.39, 0.29) is 17.7 Å². The molecule has 0 bridgehead atoms. The predicted octanol–water partition coefficient (Wildman–Crippen LogP) is 5.22. The van der Waals surface area contributed by atoms with Gasteiger partial charge in [0.05, 0.1) is 24.3 Å². The quantitative estimate of drug-likeness (QED) is 0.682. The van der Waals surface area contributed by atoms with Crippen LogP contribution < -0.4 is 4.74 Å². The molecule has 8 heteroatoms. The first-order valence-corrected chi connectivity index (χ1v) is 9.93. The molecule has 0 fully saturated rings. The molecule has 0 saturated carbocycles. The Hall–Kier alpha value is -3.29. The van der Waals surface area contributed by atoms with Crippen molar-refractivity contribution in [1.29, 1.82) is 0 Å². The molecule has 1 atom stereocenters. The van der Waals surface area contributed by atoms with Crippen molar-refractivity contribution in [2.24, 2.45) is 5.41 Å². The molecule has 0 aliphatic carbocycles. The molecule has 1 aliphatic heterocycles. The van der Waals surface area contributed by atoms with Crippen LogP contribution in [0.5, 0.6) is 5.75 Å². The summed E-state index contributed by atoms with van der Waals surface area (Å²) in [6.45, 7) is 4.77. The van der Waals surface area contributed by atoms with Gasteiger partial charge in [0.1, 0.15) is 5.75 Å². The van der Waals surface area contributed by atoms with E-state index >= 15 is 0 Å². The van der Waals surface area contributed by atoms with Crippen LogP contribution in [0.25, 0.3) is 0 Å². The molecule has 1 aliphatic rings. The fourth-order valence-corrected chi connectivity index (χ4v) is 3.65. The number of alkyl halides is 3. The monoisotopic (exact) mass is 447 g/mol. The Bertz CT molecular complexity index is 1080. The Kier molecular flexibility index (Phi) is 6.09. The van der Waals surface area contributed by atoms with Crippen LogP contribution in [0.1, 0.15) is 43.5 Å². The van der Waals surface area contributed by atoms with E-state index in [1.165, 1.54) is 24.1 Å². The zero-order valence-corrected chi connectivity index (χ0v) is 18.2. The van der Waals surface area contributed by atoms with E-state index in [0.29, 0.717) is 11.3 Å². The molecule has 1 amide bonds. The molecule has 0 aromatic heterocycles. The molecule has 32 heavy (non-hydrogen) atoms. The van der Waals surface area contributed by atoms with Crippen molar-refractivity contribution in [1.82, 2.24) is 4.90 Å². The second-order valence-corrected chi connectivity index (χ2v) is 8.65. The van der Waals surface area contributed by atoms with Gasteiger partial charge in [-0.05, 0) is 35.4 Å². The highest BCUT2D eigenvalue weighted by Crippen LogP contribution is 2.42. The largest absolute Gasteiger partial charge is 0.503 e. The molecule has 2 aromatic rings. The second kappa shape index (κ2) is 8.33. The zero-order valence-electron chi connectivity index (χ0n) is 18.2. The highest BCUT2D eigenvalue weighted by molar-refractivity contribution is 6.10. The SMILES string of the molecule is COc1cccc(C2C(C(=O)C(C)(C)C)=C(O)C(=O)N2Cc2cccc(C(F)(F)F)c2)c1. The van der Waals surface area contributed by atoms with Gasteiger partial charge in [-0.25, -0.2) is 0 Å². The number of amides is 1. The summed E-state index contributed by atoms with van der Waals surface area (Å²) in [4.78, 5) is 27.4. The number of nitrogens with zero attached hydrogens (tertiary/aromatic N) is 1. The number of rotatable bonds is 5. The van der Waals surface area contributed by atoms with Gasteiger partial charge in [-0.3, -0.25) is 9.59 Å². The topological polar surface area (TPSA) is 66.8 Å². The van der Waals surface area contributed by atoms with Crippen LogP contribution in [0.3, 0.4) is 0 Å². The number of hydrogen-bond donors (Lipinski definition) is 1. The van der Waals surface area contributed by atoms with Gasteiger partial charge in [0.15, 0.2) is 11.5 Å². The van der Waals surface area contributed by atoms with E-state index in [1.807, 2.05) is 0 Å². The lowest BCUT2D eigenvalue weighted by Crippen LogP contribution is -2.32. The normalized spacial score (nSPS) is 17.2. The molecule has 2 aromatic carbocycles. The minimum atomic E-state index is -4.54. The maximum atomic E-state index is 13.2. The first-order valence-electron chi connectivity index (χ1n) is 9.93. The van der Waals surface area contributed by atoms with Crippen molar-refractivity contribution in [3.8, 4) is 5.75 Å². The molecule has 0 radical (unpaired) electrons. The number of ether oxygens (including phenoxy) is 1. The van der Waals surface area contributed by atoms with Crippen LogP contribution >= 0.6 is 0 Å². The molecule has 0 spiro atoms. The zero-order chi connectivity index (χ0) is 23.8. The van der Waals surface area contributed by atoms with E-state index in [0.717, 1.165) is 12.1 Å². The van der Waals surface area contributed by atoms with Gasteiger partial charge in [0.25, 0.3) is 5.91 Å². The van der Waals surface area contributed by atoms with Crippen molar-refractivity contribution >= 4 is 11.7 Å². The lowest BCUT2D eigenvalue weighted by atomic mass is 9.82. The summed E-state index contributed by atoms with van der Waals surface area (Å²) in [5.74, 6) is -1.46. The number of aliphatic hydroxyl groups excluding tert-OH is 1. The van der Waals surface area contributed by atoms with Gasteiger partial charge >= 0.3 is 6.18 Å². The van der Waals surface area contributed by atoms with Crippen LogP contribution in [0, 0.1) is 5.41 Å². The average molecular weight is 447 g/mol. The third-order valence-corrected chi connectivity index (χ3v) is 5.25. The van der Waals surface area contributed by atoms with Crippen LogP contribution in [0.15, 0.2) is 59.9 Å². The van der Waals surface area contributed by atoms with Crippen molar-refractivity contribution in [2.75, 3.05) is 7.11 Å². The van der Waals surface area contributed by atoms with Gasteiger partial charge in [0.2, 0.25) is 0 Å². The highest BCUT2D eigenvalue weighted by atomic mass is 19.4. The minimum absolute atomic E-state index is 0.0808. The molecule has 170 valence electrons. The number of aliphatic hydroxyl groups is 1. The van der Waals surface area contributed by atoms with Crippen molar-refractivity contribution in [3.05, 3.63) is 76.6 Å². The van der Waals surface area contributed by atoms with E-state index in [4.69, 9.17) is 4.74 Å².